The summed E-state index contributed by atoms with van der Waals surface area (Å²) in [5, 5.41) is 16.0. The fourth-order valence-electron chi connectivity index (χ4n) is 13.4. The largest absolute Gasteiger partial charge is 0.405 e. The number of pyridine rings is 4. The fraction of sp³-hybridized carbons (Fsp3) is 0.220. The third-order valence-corrected chi connectivity index (χ3v) is 18.7. The summed E-state index contributed by atoms with van der Waals surface area (Å²) < 4.78 is 4.14. The molecule has 22 heteroatoms. The van der Waals surface area contributed by atoms with Crippen LogP contribution >= 0.6 is 0 Å². The molecule has 0 radical (unpaired) electrons. The van der Waals surface area contributed by atoms with Crippen molar-refractivity contribution in [2.45, 2.75) is 64.2 Å². The van der Waals surface area contributed by atoms with Crippen LogP contribution in [0.5, 0.6) is 0 Å². The molecule has 0 bridgehead atoms. The first kappa shape index (κ1) is 70.1. The molecule has 0 saturated heterocycles. The van der Waals surface area contributed by atoms with Gasteiger partial charge in [0.15, 0.2) is 0 Å². The molecule has 2 atom stereocenters. The second kappa shape index (κ2) is 33.4. The quantitative estimate of drug-likeness (QED) is 0.0330. The number of aromatic nitrogens is 4. The van der Waals surface area contributed by atoms with E-state index in [-0.39, 0.29) is 114 Å². The van der Waals surface area contributed by atoms with Crippen LogP contribution in [0.15, 0.2) is 262 Å². The number of carbonyl (C=O) groups excluding carboxylic acids is 4. The predicted octanol–water partition coefficient (Wildman–Crippen LogP) is 8.40. The van der Waals surface area contributed by atoms with Crippen molar-refractivity contribution in [2.24, 2.45) is 0 Å². The monoisotopic (exact) mass is 1390 g/mol. The second-order valence-electron chi connectivity index (χ2n) is 25.4. The van der Waals surface area contributed by atoms with E-state index in [0.717, 1.165) is 54.0 Å². The van der Waals surface area contributed by atoms with Gasteiger partial charge in [-0.2, -0.15) is 0 Å². The van der Waals surface area contributed by atoms with Gasteiger partial charge in [-0.05, 0) is 105 Å². The molecule has 13 rings (SSSR count). The highest BCUT2D eigenvalue weighted by molar-refractivity contribution is 5.99. The molecule has 4 amide bonds. The van der Waals surface area contributed by atoms with E-state index >= 15 is 0 Å². The number of amides is 4. The molecular weight excluding hydrogens is 1320 g/mol. The Kier molecular flexibility index (Phi) is 22.5. The molecule has 4 heterocycles. The average Bonchev–Trinajstić information content (AvgIpc) is 0.817. The zero-order chi connectivity index (χ0) is 71.7. The minimum Gasteiger partial charge on any atom is -0.405 e. The lowest BCUT2D eigenvalue weighted by molar-refractivity contribution is 0.0459. The van der Waals surface area contributed by atoms with Gasteiger partial charge in [0.25, 0.3) is 45.9 Å². The molecule has 1 aliphatic carbocycles. The van der Waals surface area contributed by atoms with Crippen molar-refractivity contribution < 1.29 is 38.5 Å². The third-order valence-electron chi connectivity index (χ3n) is 18.7. The highest BCUT2D eigenvalue weighted by Crippen LogP contribution is 2.28. The number of benzene rings is 8. The van der Waals surface area contributed by atoms with Crippen molar-refractivity contribution in [1.82, 2.24) is 50.0 Å². The fourth-order valence-corrected chi connectivity index (χ4v) is 13.4. The molecule has 528 valence electrons. The lowest BCUT2D eigenvalue weighted by Gasteiger charge is -2.45. The molecule has 104 heavy (non-hydrogen) atoms. The smallest absolute Gasteiger partial charge is 0.291 e. The van der Waals surface area contributed by atoms with Gasteiger partial charge in [-0.1, -0.05) is 207 Å². The maximum Gasteiger partial charge on any atom is 0.291 e. The second-order valence-corrected chi connectivity index (χ2v) is 25.4. The molecule has 0 spiro atoms. The summed E-state index contributed by atoms with van der Waals surface area (Å²) in [6.45, 7) is 1.11. The van der Waals surface area contributed by atoms with Crippen LogP contribution in [0.4, 0.5) is 0 Å². The molecule has 22 nitrogen and oxygen atoms in total. The Morgan fingerprint density at radius 1 is 0.308 bits per heavy atom. The van der Waals surface area contributed by atoms with Crippen molar-refractivity contribution in [1.29, 1.82) is 0 Å². The Hall–Kier alpha value is -12.4. The number of hydrogen-bond acceptors (Lipinski definition) is 14. The summed E-state index contributed by atoms with van der Waals surface area (Å²) in [6, 6.07) is 71.0. The normalized spacial score (nSPS) is 13.6. The van der Waals surface area contributed by atoms with Crippen LogP contribution in [-0.2, 0) is 26.4 Å². The van der Waals surface area contributed by atoms with E-state index in [1.165, 1.54) is 0 Å². The van der Waals surface area contributed by atoms with Gasteiger partial charge in [0, 0.05) is 64.4 Å². The van der Waals surface area contributed by atoms with Crippen molar-refractivity contribution >= 4 is 66.7 Å². The SMILES string of the molecule is O=C(NCCN(CCNC(=O)c1cc2ccccc2c(=O)n1OCc1ccccc1)C1CCCCC1N(CCNC(=O)c1cc2ccccc2c(=O)n1OCc1ccccc1)CCNC(=O)c1cc2ccccc2c(=O)n1OCc1ccccc1)c1cc2ccccc2c(=O)n1OCc1ccccc1. The third kappa shape index (κ3) is 16.5. The van der Waals surface area contributed by atoms with E-state index in [2.05, 4.69) is 31.1 Å². The summed E-state index contributed by atoms with van der Waals surface area (Å²) in [5.41, 5.74) is 1.04. The van der Waals surface area contributed by atoms with Crippen molar-refractivity contribution in [3.8, 4) is 0 Å². The molecule has 1 fully saturated rings. The molecule has 1 aliphatic rings. The van der Waals surface area contributed by atoms with Crippen LogP contribution in [0.25, 0.3) is 43.1 Å². The van der Waals surface area contributed by atoms with E-state index in [4.69, 9.17) is 19.4 Å². The number of rotatable bonds is 30. The van der Waals surface area contributed by atoms with Crippen LogP contribution in [0.3, 0.4) is 0 Å². The minimum absolute atomic E-state index is 0.00163. The lowest BCUT2D eigenvalue weighted by Crippen LogP contribution is -2.58. The van der Waals surface area contributed by atoms with Crippen LogP contribution < -0.4 is 62.9 Å². The highest BCUT2D eigenvalue weighted by Gasteiger charge is 2.35. The average molecular weight is 1400 g/mol. The van der Waals surface area contributed by atoms with E-state index in [0.29, 0.717) is 55.9 Å². The summed E-state index contributed by atoms with van der Waals surface area (Å²) in [7, 11) is 0. The van der Waals surface area contributed by atoms with Gasteiger partial charge >= 0.3 is 0 Å². The molecule has 1 saturated carbocycles. The highest BCUT2D eigenvalue weighted by atomic mass is 16.7. The zero-order valence-electron chi connectivity index (χ0n) is 57.1. The molecule has 12 aromatic rings. The van der Waals surface area contributed by atoms with Crippen molar-refractivity contribution in [2.75, 3.05) is 52.4 Å². The topological polar surface area (TPSA) is 248 Å². The molecule has 4 aromatic heterocycles. The predicted molar refractivity (Wildman–Crippen MR) is 398 cm³/mol. The Bertz CT molecular complexity index is 4660. The molecule has 0 aliphatic heterocycles. The maximum atomic E-state index is 14.7. The van der Waals surface area contributed by atoms with E-state index in [9.17, 15) is 38.4 Å². The van der Waals surface area contributed by atoms with Crippen LogP contribution in [-0.4, -0.2) is 117 Å². The Morgan fingerprint density at radius 3 is 0.750 bits per heavy atom. The van der Waals surface area contributed by atoms with Crippen molar-refractivity contribution in [3.05, 3.63) is 329 Å². The number of fused-ring (bicyclic) bond motifs is 4. The summed E-state index contributed by atoms with van der Waals surface area (Å²) in [6.07, 6.45) is 2.88. The lowest BCUT2D eigenvalue weighted by atomic mass is 9.87. The van der Waals surface area contributed by atoms with Gasteiger partial charge < -0.3 is 40.6 Å². The molecule has 8 aromatic carbocycles. The summed E-state index contributed by atoms with van der Waals surface area (Å²) in [5.74, 6) is -2.29. The van der Waals surface area contributed by atoms with Gasteiger partial charge in [0.1, 0.15) is 49.2 Å². The number of nitrogens with zero attached hydrogens (tertiary/aromatic N) is 6. The number of hydrogen-bond donors (Lipinski definition) is 4. The molecular formula is C82H78N10O12. The molecule has 2 unspecified atom stereocenters. The van der Waals surface area contributed by atoms with Crippen LogP contribution in [0, 0.1) is 0 Å². The van der Waals surface area contributed by atoms with E-state index in [1.54, 1.807) is 121 Å². The zero-order valence-corrected chi connectivity index (χ0v) is 57.1. The van der Waals surface area contributed by atoms with Crippen molar-refractivity contribution in [3.63, 3.8) is 0 Å². The minimum atomic E-state index is -0.572. The summed E-state index contributed by atoms with van der Waals surface area (Å²) in [4.78, 5) is 145. The Labute approximate surface area is 598 Å². The Morgan fingerprint density at radius 2 is 0.519 bits per heavy atom. The van der Waals surface area contributed by atoms with E-state index in [1.807, 2.05) is 121 Å². The first-order valence-corrected chi connectivity index (χ1v) is 34.8. The van der Waals surface area contributed by atoms with Gasteiger partial charge in [0.05, 0.1) is 21.5 Å². The molecule has 4 N–H and O–H groups in total. The van der Waals surface area contributed by atoms with Gasteiger partial charge in [-0.3, -0.25) is 48.2 Å². The standard InChI is InChI=1S/C82H78N10O12/c93-75(71-49-61-31-13-17-35-65(61)79(97)89(71)101-53-57-23-5-1-6-24-57)83-41-45-87(46-42-84-76(94)72-50-62-32-14-18-36-66(62)80(98)90(72)102-54-58-25-7-2-8-26-58)69-39-21-22-40-70(69)88(47-43-85-77(95)73-51-63-33-15-19-37-67(63)81(99)91(73)103-55-59-27-9-3-10-28-59)48-44-86-78(96)74-52-64-34-16-20-38-68(64)82(100)92(74)104-56-60-29-11-4-12-30-60/h1-20,23-38,49-52,69-70H,21-22,39-48,53-56H2,(H,83,93)(H,84,94)(H,85,95)(H,86,96). The number of nitrogens with one attached hydrogen (secondary N) is 4. The van der Waals surface area contributed by atoms with Crippen LogP contribution in [0.2, 0.25) is 0 Å². The summed E-state index contributed by atoms with van der Waals surface area (Å²) >= 11 is 0. The maximum absolute atomic E-state index is 14.7. The first-order valence-electron chi connectivity index (χ1n) is 34.8. The van der Waals surface area contributed by atoms with E-state index < -0.39 is 45.9 Å². The van der Waals surface area contributed by atoms with Gasteiger partial charge in [-0.15, -0.1) is 18.9 Å². The van der Waals surface area contributed by atoms with Crippen LogP contribution in [0.1, 0.15) is 89.9 Å². The Balaban J connectivity index is 0.811. The number of carbonyl (C=O) groups is 4. The first-order chi connectivity index (χ1) is 50.9. The van der Waals surface area contributed by atoms with Gasteiger partial charge in [-0.25, -0.2) is 0 Å². The van der Waals surface area contributed by atoms with Gasteiger partial charge in [0.2, 0.25) is 0 Å².